The maximum atomic E-state index is 12.0. The van der Waals surface area contributed by atoms with Gasteiger partial charge in [-0.1, -0.05) is 44.2 Å². The van der Waals surface area contributed by atoms with Crippen molar-refractivity contribution < 1.29 is 19.8 Å². The van der Waals surface area contributed by atoms with E-state index in [0.29, 0.717) is 0 Å². The molecular weight excluding hydrogens is 258 g/mol. The highest BCUT2D eigenvalue weighted by molar-refractivity contribution is 5.86. The van der Waals surface area contributed by atoms with Crippen LogP contribution in [0.25, 0.3) is 0 Å². The predicted octanol–water partition coefficient (Wildman–Crippen LogP) is 1.16. The van der Waals surface area contributed by atoms with Crippen molar-refractivity contribution in [3.63, 3.8) is 0 Å². The Balaban J connectivity index is 2.86. The summed E-state index contributed by atoms with van der Waals surface area (Å²) in [6.07, 6.45) is -0.971. The van der Waals surface area contributed by atoms with Gasteiger partial charge in [0.1, 0.15) is 12.1 Å². The lowest BCUT2D eigenvalue weighted by atomic mass is 10.0. The van der Waals surface area contributed by atoms with Crippen molar-refractivity contribution in [3.05, 3.63) is 35.9 Å². The molecule has 0 radical (unpaired) electrons. The first-order valence-corrected chi connectivity index (χ1v) is 6.56. The SMILES string of the molecule is CC(C)[C@@H](O)C(=O)N(C)[C@@H](Cc1ccccc1)C(=O)O. The summed E-state index contributed by atoms with van der Waals surface area (Å²) in [4.78, 5) is 24.5. The number of carboxylic acids is 1. The van der Waals surface area contributed by atoms with Gasteiger partial charge in [-0.2, -0.15) is 0 Å². The molecule has 5 nitrogen and oxygen atoms in total. The molecule has 5 heteroatoms. The van der Waals surface area contributed by atoms with Crippen LogP contribution in [0.5, 0.6) is 0 Å². The van der Waals surface area contributed by atoms with Crippen molar-refractivity contribution in [3.8, 4) is 0 Å². The molecule has 0 aromatic heterocycles. The van der Waals surface area contributed by atoms with Gasteiger partial charge < -0.3 is 15.1 Å². The number of rotatable bonds is 6. The molecule has 1 amide bonds. The molecule has 0 unspecified atom stereocenters. The number of benzene rings is 1. The quantitative estimate of drug-likeness (QED) is 0.819. The van der Waals surface area contributed by atoms with Crippen molar-refractivity contribution in [1.82, 2.24) is 4.90 Å². The van der Waals surface area contributed by atoms with Gasteiger partial charge in [0.05, 0.1) is 0 Å². The summed E-state index contributed by atoms with van der Waals surface area (Å²) >= 11 is 0. The Morgan fingerprint density at radius 1 is 1.20 bits per heavy atom. The molecule has 2 atom stereocenters. The lowest BCUT2D eigenvalue weighted by molar-refractivity contribution is -0.153. The molecule has 0 aliphatic rings. The number of carbonyl (C=O) groups excluding carboxylic acids is 1. The van der Waals surface area contributed by atoms with Crippen LogP contribution in [0.15, 0.2) is 30.3 Å². The van der Waals surface area contributed by atoms with Crippen molar-refractivity contribution >= 4 is 11.9 Å². The first-order chi connectivity index (χ1) is 9.34. The van der Waals surface area contributed by atoms with Crippen LogP contribution in [0, 0.1) is 5.92 Å². The Morgan fingerprint density at radius 3 is 2.20 bits per heavy atom. The van der Waals surface area contributed by atoms with Crippen molar-refractivity contribution in [2.75, 3.05) is 7.05 Å². The normalized spacial score (nSPS) is 13.8. The summed E-state index contributed by atoms with van der Waals surface area (Å²) < 4.78 is 0. The Kier molecular flexibility index (Phi) is 5.70. The van der Waals surface area contributed by atoms with Gasteiger partial charge in [0.15, 0.2) is 0 Å². The van der Waals surface area contributed by atoms with Gasteiger partial charge in [-0.3, -0.25) is 4.79 Å². The summed E-state index contributed by atoms with van der Waals surface area (Å²) in [6.45, 7) is 3.42. The zero-order chi connectivity index (χ0) is 15.3. The Bertz CT molecular complexity index is 458. The van der Waals surface area contributed by atoms with Gasteiger partial charge in [0, 0.05) is 13.5 Å². The number of aliphatic carboxylic acids is 1. The van der Waals surface area contributed by atoms with Crippen LogP contribution in [-0.2, 0) is 16.0 Å². The van der Waals surface area contributed by atoms with Crippen LogP contribution >= 0.6 is 0 Å². The number of hydrogen-bond acceptors (Lipinski definition) is 3. The Morgan fingerprint density at radius 2 is 1.75 bits per heavy atom. The monoisotopic (exact) mass is 279 g/mol. The third kappa shape index (κ3) is 4.06. The van der Waals surface area contributed by atoms with Crippen LogP contribution in [0.1, 0.15) is 19.4 Å². The number of amides is 1. The van der Waals surface area contributed by atoms with Crippen molar-refractivity contribution in [2.24, 2.45) is 5.92 Å². The minimum Gasteiger partial charge on any atom is -0.480 e. The lowest BCUT2D eigenvalue weighted by Gasteiger charge is -2.28. The van der Waals surface area contributed by atoms with Gasteiger partial charge >= 0.3 is 5.97 Å². The van der Waals surface area contributed by atoms with E-state index in [4.69, 9.17) is 0 Å². The molecule has 0 saturated heterocycles. The van der Waals surface area contributed by atoms with Crippen molar-refractivity contribution in [2.45, 2.75) is 32.4 Å². The van der Waals surface area contributed by atoms with Crippen LogP contribution in [0.3, 0.4) is 0 Å². The fourth-order valence-corrected chi connectivity index (χ4v) is 1.87. The second-order valence-electron chi connectivity index (χ2n) is 5.18. The van der Waals surface area contributed by atoms with Crippen molar-refractivity contribution in [1.29, 1.82) is 0 Å². The van der Waals surface area contributed by atoms with Crippen LogP contribution in [-0.4, -0.2) is 46.2 Å². The first kappa shape index (κ1) is 16.2. The number of nitrogens with zero attached hydrogens (tertiary/aromatic N) is 1. The van der Waals surface area contributed by atoms with E-state index in [9.17, 15) is 19.8 Å². The fourth-order valence-electron chi connectivity index (χ4n) is 1.87. The highest BCUT2D eigenvalue weighted by atomic mass is 16.4. The molecule has 0 aliphatic heterocycles. The standard InChI is InChI=1S/C15H21NO4/c1-10(2)13(17)14(18)16(3)12(15(19)20)9-11-7-5-4-6-8-11/h4-8,10,12-13,17H,9H2,1-3H3,(H,19,20)/t12-,13+/m0/s1. The van der Waals surface area contributed by atoms with Gasteiger partial charge in [0.25, 0.3) is 5.91 Å². The lowest BCUT2D eigenvalue weighted by Crippen LogP contribution is -2.49. The molecule has 1 aromatic carbocycles. The fraction of sp³-hybridized carbons (Fsp3) is 0.467. The minimum atomic E-state index is -1.18. The zero-order valence-corrected chi connectivity index (χ0v) is 12.0. The van der Waals surface area contributed by atoms with Gasteiger partial charge in [-0.15, -0.1) is 0 Å². The summed E-state index contributed by atoms with van der Waals surface area (Å²) in [5.74, 6) is -1.90. The maximum Gasteiger partial charge on any atom is 0.326 e. The Hall–Kier alpha value is -1.88. The van der Waals surface area contributed by atoms with E-state index in [-0.39, 0.29) is 12.3 Å². The number of carbonyl (C=O) groups is 2. The molecule has 20 heavy (non-hydrogen) atoms. The Labute approximate surface area is 118 Å². The second kappa shape index (κ2) is 7.05. The summed E-state index contributed by atoms with van der Waals surface area (Å²) in [5.41, 5.74) is 0.832. The third-order valence-electron chi connectivity index (χ3n) is 3.26. The highest BCUT2D eigenvalue weighted by Gasteiger charge is 2.31. The number of hydrogen-bond donors (Lipinski definition) is 2. The number of aliphatic hydroxyl groups excluding tert-OH is 1. The molecule has 0 heterocycles. The van der Waals surface area contributed by atoms with E-state index >= 15 is 0 Å². The molecule has 2 N–H and O–H groups in total. The minimum absolute atomic E-state index is 0.212. The number of aliphatic hydroxyl groups is 1. The van der Waals surface area contributed by atoms with E-state index in [1.165, 1.54) is 7.05 Å². The molecule has 110 valence electrons. The topological polar surface area (TPSA) is 77.8 Å². The van der Waals surface area contributed by atoms with Crippen LogP contribution in [0.4, 0.5) is 0 Å². The van der Waals surface area contributed by atoms with Crippen LogP contribution in [0.2, 0.25) is 0 Å². The third-order valence-corrected chi connectivity index (χ3v) is 3.26. The van der Waals surface area contributed by atoms with E-state index in [1.54, 1.807) is 13.8 Å². The summed E-state index contributed by atoms with van der Waals surface area (Å²) in [6, 6.07) is 8.12. The molecule has 0 saturated carbocycles. The molecular formula is C15H21NO4. The molecule has 0 spiro atoms. The summed E-state index contributed by atoms with van der Waals surface area (Å²) in [7, 11) is 1.41. The maximum absolute atomic E-state index is 12.0. The average molecular weight is 279 g/mol. The van der Waals surface area contributed by atoms with E-state index in [2.05, 4.69) is 0 Å². The number of carboxylic acid groups (broad SMARTS) is 1. The smallest absolute Gasteiger partial charge is 0.326 e. The molecule has 0 fully saturated rings. The number of likely N-dealkylation sites (N-methyl/N-ethyl adjacent to an activating group) is 1. The first-order valence-electron chi connectivity index (χ1n) is 6.56. The molecule has 0 aliphatic carbocycles. The predicted molar refractivity (Wildman–Crippen MR) is 75.2 cm³/mol. The highest BCUT2D eigenvalue weighted by Crippen LogP contribution is 2.12. The second-order valence-corrected chi connectivity index (χ2v) is 5.18. The molecule has 1 aromatic rings. The van der Waals surface area contributed by atoms with Crippen LogP contribution < -0.4 is 0 Å². The van der Waals surface area contributed by atoms with E-state index < -0.39 is 24.0 Å². The largest absolute Gasteiger partial charge is 0.480 e. The molecule has 0 bridgehead atoms. The van der Waals surface area contributed by atoms with E-state index in [1.807, 2.05) is 30.3 Å². The average Bonchev–Trinajstić information content (AvgIpc) is 2.43. The van der Waals surface area contributed by atoms with E-state index in [0.717, 1.165) is 10.5 Å². The van der Waals surface area contributed by atoms with Gasteiger partial charge in [0.2, 0.25) is 0 Å². The molecule has 1 rings (SSSR count). The van der Waals surface area contributed by atoms with Gasteiger partial charge in [-0.25, -0.2) is 4.79 Å². The summed E-state index contributed by atoms with van der Waals surface area (Å²) in [5, 5.41) is 19.1. The van der Waals surface area contributed by atoms with Gasteiger partial charge in [-0.05, 0) is 11.5 Å². The zero-order valence-electron chi connectivity index (χ0n) is 12.0.